The number of methoxy groups -OCH3 is 1. The van der Waals surface area contributed by atoms with E-state index in [2.05, 4.69) is 0 Å². The Kier molecular flexibility index (Phi) is 6.37. The smallest absolute Gasteiger partial charge is 0.331 e. The Morgan fingerprint density at radius 3 is 2.59 bits per heavy atom. The van der Waals surface area contributed by atoms with E-state index < -0.39 is 29.1 Å². The summed E-state index contributed by atoms with van der Waals surface area (Å²) in [6.45, 7) is 0.986. The van der Waals surface area contributed by atoms with Gasteiger partial charge in [0.05, 0.1) is 12.0 Å². The average Bonchev–Trinajstić information content (AvgIpc) is 2.64. The van der Waals surface area contributed by atoms with Crippen LogP contribution in [0, 0.1) is 22.9 Å². The highest BCUT2D eigenvalue weighted by Gasteiger charge is 2.16. The molecule has 140 valence electrons. The van der Waals surface area contributed by atoms with Gasteiger partial charge in [-0.25, -0.2) is 9.18 Å². The standard InChI is InChI=1S/C19H16FNO6/c1-12-3-6-14(10-16(12)21(24)25)17(22)11-27-19(23)8-5-13-4-7-18(26-2)15(20)9-13/h3-10H,11H2,1-2H3/b8-5+. The minimum atomic E-state index is -0.804. The molecule has 0 aliphatic carbocycles. The van der Waals surface area contributed by atoms with Gasteiger partial charge in [0.15, 0.2) is 18.2 Å². The Morgan fingerprint density at radius 1 is 1.22 bits per heavy atom. The number of hydrogen-bond donors (Lipinski definition) is 0. The van der Waals surface area contributed by atoms with Crippen molar-refractivity contribution in [3.05, 3.63) is 75.1 Å². The van der Waals surface area contributed by atoms with Crippen molar-refractivity contribution < 1.29 is 28.4 Å². The lowest BCUT2D eigenvalue weighted by Gasteiger charge is -2.04. The number of hydrogen-bond acceptors (Lipinski definition) is 6. The largest absolute Gasteiger partial charge is 0.494 e. The Labute approximate surface area is 154 Å². The molecule has 2 aromatic carbocycles. The van der Waals surface area contributed by atoms with Crippen LogP contribution < -0.4 is 4.74 Å². The summed E-state index contributed by atoms with van der Waals surface area (Å²) in [4.78, 5) is 34.1. The van der Waals surface area contributed by atoms with Gasteiger partial charge in [-0.15, -0.1) is 0 Å². The number of ether oxygens (including phenoxy) is 2. The van der Waals surface area contributed by atoms with E-state index in [-0.39, 0.29) is 17.0 Å². The molecule has 0 bridgehead atoms. The minimum absolute atomic E-state index is 0.0707. The highest BCUT2D eigenvalue weighted by atomic mass is 19.1. The zero-order valence-electron chi connectivity index (χ0n) is 14.6. The summed E-state index contributed by atoms with van der Waals surface area (Å²) in [6.07, 6.45) is 2.37. The van der Waals surface area contributed by atoms with E-state index in [1.165, 1.54) is 37.5 Å². The maximum absolute atomic E-state index is 13.6. The van der Waals surface area contributed by atoms with E-state index in [1.807, 2.05) is 0 Å². The van der Waals surface area contributed by atoms with Crippen molar-refractivity contribution in [3.8, 4) is 5.75 Å². The molecule has 0 heterocycles. The molecule has 0 aromatic heterocycles. The van der Waals surface area contributed by atoms with Crippen LogP contribution in [0.2, 0.25) is 0 Å². The van der Waals surface area contributed by atoms with Crippen LogP contribution in [0.25, 0.3) is 6.08 Å². The molecule has 0 aliphatic rings. The normalized spacial score (nSPS) is 10.6. The van der Waals surface area contributed by atoms with Gasteiger partial charge in [0.25, 0.3) is 5.69 Å². The van der Waals surface area contributed by atoms with Crippen molar-refractivity contribution in [2.75, 3.05) is 13.7 Å². The van der Waals surface area contributed by atoms with Gasteiger partial charge in [-0.1, -0.05) is 18.2 Å². The number of benzene rings is 2. The molecule has 2 rings (SSSR count). The van der Waals surface area contributed by atoms with Crippen molar-refractivity contribution in [2.45, 2.75) is 6.92 Å². The third-order valence-electron chi connectivity index (χ3n) is 3.66. The SMILES string of the molecule is COc1ccc(/C=C/C(=O)OCC(=O)c2ccc(C)c([N+](=O)[O-])c2)cc1F. The maximum Gasteiger partial charge on any atom is 0.331 e. The van der Waals surface area contributed by atoms with Gasteiger partial charge in [-0.2, -0.15) is 0 Å². The van der Waals surface area contributed by atoms with Crippen LogP contribution in [0.15, 0.2) is 42.5 Å². The molecule has 7 nitrogen and oxygen atoms in total. The van der Waals surface area contributed by atoms with Gasteiger partial charge in [0, 0.05) is 23.3 Å². The number of esters is 1. The second-order valence-electron chi connectivity index (χ2n) is 5.52. The molecule has 0 saturated carbocycles. The molecule has 8 heteroatoms. The van der Waals surface area contributed by atoms with E-state index in [4.69, 9.17) is 9.47 Å². The molecule has 2 aromatic rings. The first-order valence-corrected chi connectivity index (χ1v) is 7.78. The van der Waals surface area contributed by atoms with Crippen molar-refractivity contribution >= 4 is 23.5 Å². The summed E-state index contributed by atoms with van der Waals surface area (Å²) < 4.78 is 23.2. The average molecular weight is 373 g/mol. The number of carbonyl (C=O) groups is 2. The summed E-state index contributed by atoms with van der Waals surface area (Å²) >= 11 is 0. The lowest BCUT2D eigenvalue weighted by molar-refractivity contribution is -0.385. The Morgan fingerprint density at radius 2 is 1.96 bits per heavy atom. The molecular formula is C19H16FNO6. The number of ketones is 1. The molecule has 0 radical (unpaired) electrons. The Hall–Kier alpha value is -3.55. The van der Waals surface area contributed by atoms with E-state index in [0.717, 1.165) is 12.1 Å². The monoisotopic (exact) mass is 373 g/mol. The first-order chi connectivity index (χ1) is 12.8. The minimum Gasteiger partial charge on any atom is -0.494 e. The fourth-order valence-corrected chi connectivity index (χ4v) is 2.20. The zero-order valence-corrected chi connectivity index (χ0v) is 14.6. The highest BCUT2D eigenvalue weighted by molar-refractivity contribution is 5.99. The fraction of sp³-hybridized carbons (Fsp3) is 0.158. The highest BCUT2D eigenvalue weighted by Crippen LogP contribution is 2.20. The number of halogens is 1. The summed E-state index contributed by atoms with van der Waals surface area (Å²) in [6, 6.07) is 8.15. The fourth-order valence-electron chi connectivity index (χ4n) is 2.20. The van der Waals surface area contributed by atoms with Crippen LogP contribution in [0.1, 0.15) is 21.5 Å². The van der Waals surface area contributed by atoms with Gasteiger partial charge in [-0.3, -0.25) is 14.9 Å². The van der Waals surface area contributed by atoms with Crippen LogP contribution in [-0.4, -0.2) is 30.4 Å². The number of aryl methyl sites for hydroxylation is 1. The third kappa shape index (κ3) is 5.21. The van der Waals surface area contributed by atoms with Crippen LogP contribution >= 0.6 is 0 Å². The summed E-state index contributed by atoms with van der Waals surface area (Å²) in [7, 11) is 1.34. The molecule has 0 atom stereocenters. The first kappa shape index (κ1) is 19.8. The van der Waals surface area contributed by atoms with Gasteiger partial charge in [0.2, 0.25) is 5.78 Å². The first-order valence-electron chi connectivity index (χ1n) is 7.78. The number of nitro benzene ring substituents is 1. The van der Waals surface area contributed by atoms with Crippen molar-refractivity contribution in [3.63, 3.8) is 0 Å². The van der Waals surface area contributed by atoms with Crippen LogP contribution in [0.5, 0.6) is 5.75 Å². The number of rotatable bonds is 7. The Bertz CT molecular complexity index is 922. The molecule has 0 fully saturated rings. The third-order valence-corrected chi connectivity index (χ3v) is 3.66. The second kappa shape index (κ2) is 8.70. The number of nitro groups is 1. The molecule has 27 heavy (non-hydrogen) atoms. The van der Waals surface area contributed by atoms with Crippen molar-refractivity contribution in [1.82, 2.24) is 0 Å². The van der Waals surface area contributed by atoms with E-state index in [1.54, 1.807) is 13.0 Å². The van der Waals surface area contributed by atoms with Crippen molar-refractivity contribution in [1.29, 1.82) is 0 Å². The zero-order chi connectivity index (χ0) is 20.0. The summed E-state index contributed by atoms with van der Waals surface area (Å²) in [5.41, 5.74) is 0.712. The van der Waals surface area contributed by atoms with Gasteiger partial charge < -0.3 is 9.47 Å². The van der Waals surface area contributed by atoms with Gasteiger partial charge >= 0.3 is 5.97 Å². The quantitative estimate of drug-likeness (QED) is 0.242. The molecule has 0 aliphatic heterocycles. The van der Waals surface area contributed by atoms with E-state index in [9.17, 15) is 24.1 Å². The number of carbonyl (C=O) groups excluding carboxylic acids is 2. The maximum atomic E-state index is 13.6. The van der Waals surface area contributed by atoms with E-state index in [0.29, 0.717) is 11.1 Å². The van der Waals surface area contributed by atoms with Crippen LogP contribution in [-0.2, 0) is 9.53 Å². The second-order valence-corrected chi connectivity index (χ2v) is 5.52. The van der Waals surface area contributed by atoms with Crippen LogP contribution in [0.3, 0.4) is 0 Å². The summed E-state index contributed by atoms with van der Waals surface area (Å²) in [5.74, 6) is -1.88. The lowest BCUT2D eigenvalue weighted by atomic mass is 10.1. The molecular weight excluding hydrogens is 357 g/mol. The summed E-state index contributed by atoms with van der Waals surface area (Å²) in [5, 5.41) is 10.9. The van der Waals surface area contributed by atoms with Gasteiger partial charge in [-0.05, 0) is 30.7 Å². The molecule has 0 unspecified atom stereocenters. The van der Waals surface area contributed by atoms with Crippen molar-refractivity contribution in [2.24, 2.45) is 0 Å². The molecule has 0 saturated heterocycles. The number of nitrogens with zero attached hydrogens (tertiary/aromatic N) is 1. The Balaban J connectivity index is 1.97. The molecule has 0 N–H and O–H groups in total. The predicted octanol–water partition coefficient (Wildman–Crippen LogP) is 3.49. The topological polar surface area (TPSA) is 95.7 Å². The number of Topliss-reactive ketones (excluding diaryl/α,β-unsaturated/α-hetero) is 1. The predicted molar refractivity (Wildman–Crippen MR) is 95.1 cm³/mol. The van der Waals surface area contributed by atoms with E-state index >= 15 is 0 Å². The molecule has 0 amide bonds. The van der Waals surface area contributed by atoms with Crippen LogP contribution in [0.4, 0.5) is 10.1 Å². The molecule has 0 spiro atoms. The lowest BCUT2D eigenvalue weighted by Crippen LogP contribution is -2.13. The van der Waals surface area contributed by atoms with Gasteiger partial charge in [0.1, 0.15) is 0 Å².